The summed E-state index contributed by atoms with van der Waals surface area (Å²) in [6.07, 6.45) is 1.56. The van der Waals surface area contributed by atoms with Crippen LogP contribution in [0.1, 0.15) is 21.3 Å². The molecule has 2 rings (SSSR count). The first-order chi connectivity index (χ1) is 8.24. The van der Waals surface area contributed by atoms with Crippen molar-refractivity contribution in [3.63, 3.8) is 0 Å². The van der Waals surface area contributed by atoms with E-state index < -0.39 is 5.92 Å². The number of Topliss-reactive ketones (excluding diaryl/α,β-unsaturated/α-hetero) is 1. The van der Waals surface area contributed by atoms with Gasteiger partial charge in [-0.15, -0.1) is 11.3 Å². The third kappa shape index (κ3) is 2.36. The minimum atomic E-state index is -0.896. The van der Waals surface area contributed by atoms with E-state index in [1.54, 1.807) is 35.8 Å². The maximum absolute atomic E-state index is 12.1. The highest BCUT2D eigenvalue weighted by Gasteiger charge is 2.25. The summed E-state index contributed by atoms with van der Waals surface area (Å²) < 4.78 is 0. The monoisotopic (exact) mass is 262 g/mol. The molecule has 0 spiro atoms. The van der Waals surface area contributed by atoms with Crippen molar-refractivity contribution in [2.75, 3.05) is 0 Å². The summed E-state index contributed by atoms with van der Waals surface area (Å²) in [5.41, 5.74) is 0.449. The third-order valence-corrected chi connectivity index (χ3v) is 3.57. The highest BCUT2D eigenvalue weighted by molar-refractivity contribution is 7.12. The summed E-state index contributed by atoms with van der Waals surface area (Å²) in [7, 11) is 0. The second kappa shape index (κ2) is 5.09. The smallest absolute Gasteiger partial charge is 0.197 e. The Morgan fingerprint density at radius 2 is 2.29 bits per heavy atom. The molecule has 1 unspecified atom stereocenters. The number of nitriles is 1. The largest absolute Gasteiger partial charge is 0.291 e. The number of hydrogen-bond acceptors (Lipinski definition) is 4. The Morgan fingerprint density at radius 3 is 2.82 bits per heavy atom. The van der Waals surface area contributed by atoms with Gasteiger partial charge < -0.3 is 0 Å². The fourth-order valence-corrected chi connectivity index (χ4v) is 2.53. The van der Waals surface area contributed by atoms with Crippen molar-refractivity contribution in [3.05, 3.63) is 51.4 Å². The number of carbonyl (C=O) groups excluding carboxylic acids is 1. The Balaban J connectivity index is 2.36. The number of thiophene rings is 1. The molecule has 0 fully saturated rings. The minimum absolute atomic E-state index is 0.300. The van der Waals surface area contributed by atoms with Gasteiger partial charge in [-0.2, -0.15) is 5.26 Å². The van der Waals surface area contributed by atoms with Gasteiger partial charge in [0.2, 0.25) is 0 Å². The first-order valence-corrected chi connectivity index (χ1v) is 6.07. The van der Waals surface area contributed by atoms with Gasteiger partial charge in [0.25, 0.3) is 0 Å². The van der Waals surface area contributed by atoms with Crippen molar-refractivity contribution in [3.8, 4) is 6.07 Å². The van der Waals surface area contributed by atoms with Crippen LogP contribution in [0.3, 0.4) is 0 Å². The summed E-state index contributed by atoms with van der Waals surface area (Å²) in [5, 5.41) is 11.2. The molecular formula is C12H7ClN2OS. The van der Waals surface area contributed by atoms with Gasteiger partial charge in [-0.25, -0.2) is 0 Å². The number of hydrogen-bond donors (Lipinski definition) is 0. The predicted octanol–water partition coefficient (Wildman–Crippen LogP) is 3.29. The first-order valence-electron chi connectivity index (χ1n) is 4.82. The van der Waals surface area contributed by atoms with Crippen molar-refractivity contribution in [1.82, 2.24) is 4.98 Å². The fourth-order valence-electron chi connectivity index (χ4n) is 1.41. The van der Waals surface area contributed by atoms with Gasteiger partial charge in [-0.3, -0.25) is 9.78 Å². The minimum Gasteiger partial charge on any atom is -0.291 e. The average Bonchev–Trinajstić information content (AvgIpc) is 2.77. The molecule has 84 valence electrons. The lowest BCUT2D eigenvalue weighted by atomic mass is 10.00. The zero-order valence-corrected chi connectivity index (χ0v) is 10.2. The van der Waals surface area contributed by atoms with Crippen molar-refractivity contribution in [1.29, 1.82) is 5.26 Å². The Morgan fingerprint density at radius 1 is 1.47 bits per heavy atom. The van der Waals surface area contributed by atoms with Gasteiger partial charge in [-0.1, -0.05) is 17.7 Å². The van der Waals surface area contributed by atoms with Crippen LogP contribution in [0.4, 0.5) is 0 Å². The highest BCUT2D eigenvalue weighted by Crippen LogP contribution is 2.28. The average molecular weight is 263 g/mol. The number of carbonyl (C=O) groups is 1. The van der Waals surface area contributed by atoms with Crippen LogP contribution in [0, 0.1) is 11.3 Å². The van der Waals surface area contributed by atoms with Crippen LogP contribution in [0.25, 0.3) is 0 Å². The van der Waals surface area contributed by atoms with Crippen LogP contribution in [-0.4, -0.2) is 10.8 Å². The molecule has 0 bridgehead atoms. The van der Waals surface area contributed by atoms with Crippen LogP contribution < -0.4 is 0 Å². The van der Waals surface area contributed by atoms with E-state index >= 15 is 0 Å². The van der Waals surface area contributed by atoms with Gasteiger partial charge >= 0.3 is 0 Å². The molecule has 0 N–H and O–H groups in total. The summed E-state index contributed by atoms with van der Waals surface area (Å²) in [4.78, 5) is 16.6. The SMILES string of the molecule is N#CC(C(=O)c1sccc1Cl)c1ccccn1. The molecule has 0 saturated heterocycles. The standard InChI is InChI=1S/C12H7ClN2OS/c13-9-4-6-17-12(9)11(16)8(7-14)10-3-1-2-5-15-10/h1-6,8H. The summed E-state index contributed by atoms with van der Waals surface area (Å²) >= 11 is 7.12. The molecule has 0 aliphatic rings. The summed E-state index contributed by atoms with van der Waals surface area (Å²) in [5.74, 6) is -1.20. The van der Waals surface area contributed by atoms with E-state index in [0.29, 0.717) is 15.6 Å². The number of pyridine rings is 1. The molecule has 5 heteroatoms. The summed E-state index contributed by atoms with van der Waals surface area (Å²) in [6.45, 7) is 0. The fraction of sp³-hybridized carbons (Fsp3) is 0.0833. The first kappa shape index (κ1) is 11.8. The molecule has 3 nitrogen and oxygen atoms in total. The molecule has 0 aliphatic heterocycles. The molecule has 2 heterocycles. The second-order valence-electron chi connectivity index (χ2n) is 3.28. The molecule has 17 heavy (non-hydrogen) atoms. The normalized spacial score (nSPS) is 11.8. The molecule has 1 atom stereocenters. The lowest BCUT2D eigenvalue weighted by Crippen LogP contribution is -2.11. The van der Waals surface area contributed by atoms with Crippen LogP contribution in [-0.2, 0) is 0 Å². The molecule has 0 amide bonds. The number of nitrogens with zero attached hydrogens (tertiary/aromatic N) is 2. The van der Waals surface area contributed by atoms with Crippen molar-refractivity contribution in [2.24, 2.45) is 0 Å². The third-order valence-electron chi connectivity index (χ3n) is 2.22. The van der Waals surface area contributed by atoms with Gasteiger partial charge in [0, 0.05) is 6.20 Å². The van der Waals surface area contributed by atoms with Crippen LogP contribution in [0.15, 0.2) is 35.8 Å². The van der Waals surface area contributed by atoms with Gasteiger partial charge in [0.05, 0.1) is 21.7 Å². The molecule has 0 saturated carbocycles. The maximum Gasteiger partial charge on any atom is 0.197 e. The van der Waals surface area contributed by atoms with E-state index in [2.05, 4.69) is 4.98 Å². The lowest BCUT2D eigenvalue weighted by Gasteiger charge is -2.05. The zero-order chi connectivity index (χ0) is 12.3. The molecule has 2 aromatic heterocycles. The highest BCUT2D eigenvalue weighted by atomic mass is 35.5. The van der Waals surface area contributed by atoms with Gasteiger partial charge in [0.1, 0.15) is 0 Å². The predicted molar refractivity (Wildman–Crippen MR) is 66.3 cm³/mol. The Hall–Kier alpha value is -1.70. The zero-order valence-electron chi connectivity index (χ0n) is 8.63. The lowest BCUT2D eigenvalue weighted by molar-refractivity contribution is 0.0981. The maximum atomic E-state index is 12.1. The topological polar surface area (TPSA) is 53.8 Å². The number of halogens is 1. The van der Waals surface area contributed by atoms with E-state index in [1.807, 2.05) is 6.07 Å². The molecule has 0 aromatic carbocycles. The second-order valence-corrected chi connectivity index (χ2v) is 4.60. The van der Waals surface area contributed by atoms with Crippen LogP contribution in [0.2, 0.25) is 5.02 Å². The van der Waals surface area contributed by atoms with E-state index in [-0.39, 0.29) is 5.78 Å². The van der Waals surface area contributed by atoms with Gasteiger partial charge in [-0.05, 0) is 23.6 Å². The molecule has 2 aromatic rings. The number of rotatable bonds is 3. The van der Waals surface area contributed by atoms with E-state index in [1.165, 1.54) is 11.3 Å². The quantitative estimate of drug-likeness (QED) is 0.798. The molecular weight excluding hydrogens is 256 g/mol. The van der Waals surface area contributed by atoms with Crippen molar-refractivity contribution >= 4 is 28.7 Å². The van der Waals surface area contributed by atoms with Crippen LogP contribution in [0.5, 0.6) is 0 Å². The van der Waals surface area contributed by atoms with E-state index in [4.69, 9.17) is 16.9 Å². The molecule has 0 aliphatic carbocycles. The van der Waals surface area contributed by atoms with Crippen LogP contribution >= 0.6 is 22.9 Å². The van der Waals surface area contributed by atoms with E-state index in [0.717, 1.165) is 0 Å². The Kier molecular flexibility index (Phi) is 3.52. The Bertz CT molecular complexity index is 574. The van der Waals surface area contributed by atoms with Gasteiger partial charge in [0.15, 0.2) is 11.7 Å². The Labute approximate surface area is 107 Å². The molecule has 0 radical (unpaired) electrons. The van der Waals surface area contributed by atoms with E-state index in [9.17, 15) is 4.79 Å². The number of aromatic nitrogens is 1. The van der Waals surface area contributed by atoms with Crippen molar-refractivity contribution < 1.29 is 4.79 Å². The summed E-state index contributed by atoms with van der Waals surface area (Å²) in [6, 6.07) is 8.76. The van der Waals surface area contributed by atoms with Crippen molar-refractivity contribution in [2.45, 2.75) is 5.92 Å². The number of ketones is 1.